The SMILES string of the molecule is C[Si]1(C)CCC[Si](C)(C)N1c1ncccn1. The lowest BCUT2D eigenvalue weighted by Gasteiger charge is -2.51. The molecule has 1 aliphatic heterocycles. The fourth-order valence-corrected chi connectivity index (χ4v) is 14.4. The topological polar surface area (TPSA) is 29.0 Å². The Morgan fingerprint density at radius 1 is 1.00 bits per heavy atom. The molecule has 0 aromatic carbocycles. The summed E-state index contributed by atoms with van der Waals surface area (Å²) in [6, 6.07) is 4.65. The molecule has 5 heteroatoms. The van der Waals surface area contributed by atoms with Crippen molar-refractivity contribution in [3.05, 3.63) is 18.5 Å². The van der Waals surface area contributed by atoms with Crippen LogP contribution in [-0.2, 0) is 0 Å². The molecule has 0 amide bonds. The third kappa shape index (κ3) is 2.06. The van der Waals surface area contributed by atoms with E-state index in [-0.39, 0.29) is 0 Å². The van der Waals surface area contributed by atoms with Crippen LogP contribution in [0.25, 0.3) is 0 Å². The van der Waals surface area contributed by atoms with Crippen LogP contribution in [0.1, 0.15) is 6.42 Å². The van der Waals surface area contributed by atoms with Crippen LogP contribution in [0, 0.1) is 0 Å². The van der Waals surface area contributed by atoms with Gasteiger partial charge in [0.2, 0.25) is 5.95 Å². The fourth-order valence-electron chi connectivity index (χ4n) is 2.94. The van der Waals surface area contributed by atoms with Gasteiger partial charge in [-0.25, -0.2) is 9.97 Å². The predicted molar refractivity (Wildman–Crippen MR) is 73.7 cm³/mol. The summed E-state index contributed by atoms with van der Waals surface area (Å²) in [6.07, 6.45) is 5.14. The van der Waals surface area contributed by atoms with Crippen LogP contribution in [-0.4, -0.2) is 26.4 Å². The highest BCUT2D eigenvalue weighted by Gasteiger charge is 2.45. The molecule has 0 spiro atoms. The lowest BCUT2D eigenvalue weighted by molar-refractivity contribution is 0.941. The molecule has 0 aliphatic carbocycles. The second kappa shape index (κ2) is 3.96. The van der Waals surface area contributed by atoms with Gasteiger partial charge in [-0.05, 0) is 18.2 Å². The Labute approximate surface area is 100 Å². The monoisotopic (exact) mass is 251 g/mol. The Balaban J connectivity index is 2.41. The van der Waals surface area contributed by atoms with Gasteiger partial charge < -0.3 is 4.23 Å². The van der Waals surface area contributed by atoms with E-state index in [2.05, 4.69) is 40.4 Å². The molecule has 0 N–H and O–H groups in total. The summed E-state index contributed by atoms with van der Waals surface area (Å²) in [6.45, 7) is 9.82. The molecule has 1 aromatic rings. The second-order valence-electron chi connectivity index (χ2n) is 5.86. The van der Waals surface area contributed by atoms with Crippen molar-refractivity contribution in [2.24, 2.45) is 0 Å². The van der Waals surface area contributed by atoms with Gasteiger partial charge >= 0.3 is 0 Å². The largest absolute Gasteiger partial charge is 0.394 e. The van der Waals surface area contributed by atoms with Gasteiger partial charge in [0.1, 0.15) is 16.5 Å². The van der Waals surface area contributed by atoms with Crippen molar-refractivity contribution in [2.75, 3.05) is 4.23 Å². The quantitative estimate of drug-likeness (QED) is 0.718. The zero-order valence-corrected chi connectivity index (χ0v) is 12.7. The van der Waals surface area contributed by atoms with Gasteiger partial charge in [-0.2, -0.15) is 0 Å². The first kappa shape index (κ1) is 11.8. The van der Waals surface area contributed by atoms with E-state index in [1.54, 1.807) is 0 Å². The molecule has 2 heterocycles. The molecule has 0 radical (unpaired) electrons. The molecular formula is C11H21N3Si2. The molecule has 3 nitrogen and oxygen atoms in total. The number of nitrogens with zero attached hydrogens (tertiary/aromatic N) is 3. The predicted octanol–water partition coefficient (Wildman–Crippen LogP) is 3.10. The smallest absolute Gasteiger partial charge is 0.208 e. The van der Waals surface area contributed by atoms with Crippen LogP contribution in [0.15, 0.2) is 18.5 Å². The Bertz CT molecular complexity index is 349. The Hall–Kier alpha value is -0.686. The van der Waals surface area contributed by atoms with E-state index in [4.69, 9.17) is 0 Å². The third-order valence-corrected chi connectivity index (χ3v) is 13.1. The van der Waals surface area contributed by atoms with Gasteiger partial charge in [0.15, 0.2) is 0 Å². The van der Waals surface area contributed by atoms with Gasteiger partial charge in [0.05, 0.1) is 0 Å². The molecule has 2 rings (SSSR count). The lowest BCUT2D eigenvalue weighted by Crippen LogP contribution is -2.65. The maximum atomic E-state index is 4.48. The van der Waals surface area contributed by atoms with Crippen molar-refractivity contribution in [2.45, 2.75) is 44.7 Å². The molecule has 0 saturated carbocycles. The van der Waals surface area contributed by atoms with Gasteiger partial charge in [0.25, 0.3) is 0 Å². The number of rotatable bonds is 1. The van der Waals surface area contributed by atoms with Gasteiger partial charge in [-0.3, -0.25) is 0 Å². The average molecular weight is 251 g/mol. The van der Waals surface area contributed by atoms with Crippen molar-refractivity contribution >= 4 is 22.4 Å². The summed E-state index contributed by atoms with van der Waals surface area (Å²) in [5.41, 5.74) is 0. The van der Waals surface area contributed by atoms with E-state index < -0.39 is 16.5 Å². The van der Waals surface area contributed by atoms with Gasteiger partial charge in [-0.15, -0.1) is 0 Å². The summed E-state index contributed by atoms with van der Waals surface area (Å²) in [5, 5.41) is 0. The first-order chi connectivity index (χ1) is 7.43. The van der Waals surface area contributed by atoms with Gasteiger partial charge in [-0.1, -0.05) is 32.6 Å². The van der Waals surface area contributed by atoms with Crippen LogP contribution in [0.2, 0.25) is 38.3 Å². The van der Waals surface area contributed by atoms with Crippen LogP contribution in [0.3, 0.4) is 0 Å². The highest BCUT2D eigenvalue weighted by atomic mass is 28.4. The normalized spacial score (nSPS) is 23.1. The van der Waals surface area contributed by atoms with E-state index in [0.29, 0.717) is 0 Å². The van der Waals surface area contributed by atoms with E-state index in [1.807, 2.05) is 18.5 Å². The van der Waals surface area contributed by atoms with Gasteiger partial charge in [0, 0.05) is 12.4 Å². The number of anilines is 1. The molecule has 16 heavy (non-hydrogen) atoms. The molecule has 1 fully saturated rings. The standard InChI is InChI=1S/C11H21N3Si2/c1-15(2)9-6-10-16(3,4)14(15)11-12-7-5-8-13-11/h5,7-8H,6,9-10H2,1-4H3. The summed E-state index contributed by atoms with van der Waals surface area (Å²) in [5.74, 6) is 0.982. The number of hydrogen-bond donors (Lipinski definition) is 0. The highest BCUT2D eigenvalue weighted by Crippen LogP contribution is 2.36. The minimum Gasteiger partial charge on any atom is -0.394 e. The highest BCUT2D eigenvalue weighted by molar-refractivity contribution is 7.01. The zero-order valence-electron chi connectivity index (χ0n) is 10.7. The number of aromatic nitrogens is 2. The van der Waals surface area contributed by atoms with Crippen LogP contribution >= 0.6 is 0 Å². The van der Waals surface area contributed by atoms with Crippen molar-refractivity contribution in [3.8, 4) is 0 Å². The minimum absolute atomic E-state index is 0.982. The molecule has 0 unspecified atom stereocenters. The van der Waals surface area contributed by atoms with Crippen molar-refractivity contribution in [1.29, 1.82) is 0 Å². The van der Waals surface area contributed by atoms with Crippen LogP contribution in [0.4, 0.5) is 5.95 Å². The fraction of sp³-hybridized carbons (Fsp3) is 0.636. The Morgan fingerprint density at radius 2 is 1.50 bits per heavy atom. The first-order valence-corrected chi connectivity index (χ1v) is 12.3. The Morgan fingerprint density at radius 3 is 2.00 bits per heavy atom. The minimum atomic E-state index is -1.33. The maximum absolute atomic E-state index is 4.48. The molecule has 1 aromatic heterocycles. The summed E-state index contributed by atoms with van der Waals surface area (Å²) >= 11 is 0. The van der Waals surface area contributed by atoms with Crippen LogP contribution in [0.5, 0.6) is 0 Å². The summed E-state index contributed by atoms with van der Waals surface area (Å²) < 4.78 is 2.66. The maximum Gasteiger partial charge on any atom is 0.208 e. The summed E-state index contributed by atoms with van der Waals surface area (Å²) in [4.78, 5) is 8.96. The average Bonchev–Trinajstić information content (AvgIpc) is 2.16. The second-order valence-corrected chi connectivity index (χ2v) is 15.5. The van der Waals surface area contributed by atoms with E-state index in [1.165, 1.54) is 18.5 Å². The third-order valence-electron chi connectivity index (χ3n) is 3.54. The van der Waals surface area contributed by atoms with Crippen molar-refractivity contribution in [1.82, 2.24) is 9.97 Å². The van der Waals surface area contributed by atoms with Crippen LogP contribution < -0.4 is 4.23 Å². The van der Waals surface area contributed by atoms with Crippen molar-refractivity contribution in [3.63, 3.8) is 0 Å². The first-order valence-electron chi connectivity index (χ1n) is 6.01. The molecular weight excluding hydrogens is 230 g/mol. The molecule has 0 bridgehead atoms. The molecule has 0 atom stereocenters. The van der Waals surface area contributed by atoms with E-state index in [9.17, 15) is 0 Å². The van der Waals surface area contributed by atoms with Crippen molar-refractivity contribution < 1.29 is 0 Å². The Kier molecular flexibility index (Phi) is 2.92. The molecule has 1 saturated heterocycles. The number of hydrogen-bond acceptors (Lipinski definition) is 3. The van der Waals surface area contributed by atoms with E-state index >= 15 is 0 Å². The molecule has 88 valence electrons. The molecule has 1 aliphatic rings. The lowest BCUT2D eigenvalue weighted by atomic mass is 10.6. The van der Waals surface area contributed by atoms with E-state index in [0.717, 1.165) is 5.95 Å². The zero-order chi connectivity index (χ0) is 11.8. The summed E-state index contributed by atoms with van der Waals surface area (Å²) in [7, 11) is -2.65.